The minimum atomic E-state index is -4.53. The molecule has 0 saturated carbocycles. The fourth-order valence-electron chi connectivity index (χ4n) is 2.88. The Morgan fingerprint density at radius 1 is 1.03 bits per heavy atom. The summed E-state index contributed by atoms with van der Waals surface area (Å²) in [6.45, 7) is 1.81. The molecule has 0 aliphatic heterocycles. The highest BCUT2D eigenvalue weighted by atomic mass is 32.1. The SMILES string of the molecule is Cc1cc(CCc2nc3cncnc3s2)ccc1Oc1ccncc1C(F)(F)F. The van der Waals surface area contributed by atoms with Crippen LogP contribution in [-0.4, -0.2) is 19.9 Å². The van der Waals surface area contributed by atoms with Crippen molar-refractivity contribution in [1.29, 1.82) is 0 Å². The summed E-state index contributed by atoms with van der Waals surface area (Å²) in [6, 6.07) is 6.67. The largest absolute Gasteiger partial charge is 0.456 e. The van der Waals surface area contributed by atoms with E-state index in [0.717, 1.165) is 45.5 Å². The van der Waals surface area contributed by atoms with Crippen molar-refractivity contribution >= 4 is 21.7 Å². The lowest BCUT2D eigenvalue weighted by molar-refractivity contribution is -0.138. The predicted molar refractivity (Wildman–Crippen MR) is 103 cm³/mol. The number of fused-ring (bicyclic) bond motifs is 1. The molecule has 148 valence electrons. The minimum Gasteiger partial charge on any atom is -0.456 e. The maximum Gasteiger partial charge on any atom is 0.421 e. The van der Waals surface area contributed by atoms with Gasteiger partial charge in [-0.25, -0.2) is 15.0 Å². The Morgan fingerprint density at radius 2 is 1.90 bits per heavy atom. The van der Waals surface area contributed by atoms with Crippen LogP contribution >= 0.6 is 11.3 Å². The van der Waals surface area contributed by atoms with Crippen LogP contribution in [0, 0.1) is 6.92 Å². The summed E-state index contributed by atoms with van der Waals surface area (Å²) in [7, 11) is 0. The van der Waals surface area contributed by atoms with Gasteiger partial charge < -0.3 is 4.74 Å². The van der Waals surface area contributed by atoms with Gasteiger partial charge in [-0.05, 0) is 36.6 Å². The van der Waals surface area contributed by atoms with Crippen LogP contribution in [-0.2, 0) is 19.0 Å². The minimum absolute atomic E-state index is 0.265. The van der Waals surface area contributed by atoms with E-state index in [9.17, 15) is 13.2 Å². The van der Waals surface area contributed by atoms with E-state index in [0.29, 0.717) is 5.75 Å². The molecule has 3 heterocycles. The molecule has 4 aromatic rings. The summed E-state index contributed by atoms with van der Waals surface area (Å²) >= 11 is 1.53. The van der Waals surface area contributed by atoms with Crippen LogP contribution in [0.1, 0.15) is 21.7 Å². The van der Waals surface area contributed by atoms with Crippen molar-refractivity contribution in [3.8, 4) is 11.5 Å². The van der Waals surface area contributed by atoms with Gasteiger partial charge in [-0.1, -0.05) is 23.5 Å². The maximum absolute atomic E-state index is 13.1. The van der Waals surface area contributed by atoms with E-state index in [-0.39, 0.29) is 5.75 Å². The number of ether oxygens (including phenoxy) is 1. The van der Waals surface area contributed by atoms with Gasteiger partial charge >= 0.3 is 6.18 Å². The second-order valence-corrected chi connectivity index (χ2v) is 7.45. The topological polar surface area (TPSA) is 60.8 Å². The van der Waals surface area contributed by atoms with E-state index < -0.39 is 11.7 Å². The van der Waals surface area contributed by atoms with E-state index in [2.05, 4.69) is 19.9 Å². The van der Waals surface area contributed by atoms with E-state index >= 15 is 0 Å². The molecule has 9 heteroatoms. The van der Waals surface area contributed by atoms with Crippen LogP contribution in [0.25, 0.3) is 10.3 Å². The Balaban J connectivity index is 1.48. The molecule has 0 aliphatic rings. The summed E-state index contributed by atoms with van der Waals surface area (Å²) in [5.74, 6) is 0.111. The van der Waals surface area contributed by atoms with Crippen LogP contribution in [0.3, 0.4) is 0 Å². The third-order valence-corrected chi connectivity index (χ3v) is 5.33. The molecule has 0 bridgehead atoms. The molecule has 0 fully saturated rings. The molecular weight excluding hydrogens is 401 g/mol. The fraction of sp³-hybridized carbons (Fsp3) is 0.200. The Kier molecular flexibility index (Phi) is 5.14. The first-order valence-corrected chi connectivity index (χ1v) is 9.56. The predicted octanol–water partition coefficient (Wildman–Crippen LogP) is 5.39. The highest BCUT2D eigenvalue weighted by molar-refractivity contribution is 7.18. The quantitative estimate of drug-likeness (QED) is 0.437. The highest BCUT2D eigenvalue weighted by Crippen LogP contribution is 2.38. The number of hydrogen-bond acceptors (Lipinski definition) is 6. The zero-order chi connectivity index (χ0) is 20.4. The molecule has 4 rings (SSSR count). The van der Waals surface area contributed by atoms with Crippen LogP contribution in [0.15, 0.2) is 49.2 Å². The molecule has 0 saturated heterocycles. The molecule has 0 aliphatic carbocycles. The molecule has 5 nitrogen and oxygen atoms in total. The first-order valence-electron chi connectivity index (χ1n) is 8.74. The number of thiazole rings is 1. The van der Waals surface area contributed by atoms with Gasteiger partial charge in [0.25, 0.3) is 0 Å². The number of pyridine rings is 1. The van der Waals surface area contributed by atoms with Crippen LogP contribution in [0.4, 0.5) is 13.2 Å². The first-order chi connectivity index (χ1) is 13.9. The van der Waals surface area contributed by atoms with Crippen LogP contribution in [0.2, 0.25) is 0 Å². The average Bonchev–Trinajstić information content (AvgIpc) is 3.11. The van der Waals surface area contributed by atoms with Gasteiger partial charge in [0.2, 0.25) is 0 Å². The number of halogens is 3. The molecule has 1 aromatic carbocycles. The average molecular weight is 416 g/mol. The van der Waals surface area contributed by atoms with Gasteiger partial charge in [-0.3, -0.25) is 4.98 Å². The van der Waals surface area contributed by atoms with Crippen molar-refractivity contribution in [2.75, 3.05) is 0 Å². The number of nitrogens with zero attached hydrogens (tertiary/aromatic N) is 4. The smallest absolute Gasteiger partial charge is 0.421 e. The van der Waals surface area contributed by atoms with Crippen molar-refractivity contribution in [1.82, 2.24) is 19.9 Å². The van der Waals surface area contributed by atoms with Gasteiger partial charge in [0, 0.05) is 18.8 Å². The van der Waals surface area contributed by atoms with Gasteiger partial charge in [0.05, 0.1) is 11.2 Å². The Bertz CT molecular complexity index is 1130. The molecule has 0 N–H and O–H groups in total. The standard InChI is InChI=1S/C20H15F3N4OS/c1-12-8-13(3-5-18-27-15-10-25-11-26-19(15)29-18)2-4-16(12)28-17-6-7-24-9-14(17)20(21,22)23/h2,4,6-11H,3,5H2,1H3. The highest BCUT2D eigenvalue weighted by Gasteiger charge is 2.35. The van der Waals surface area contributed by atoms with Gasteiger partial charge in [-0.15, -0.1) is 0 Å². The van der Waals surface area contributed by atoms with Gasteiger partial charge in [0.1, 0.15) is 33.7 Å². The molecule has 0 radical (unpaired) electrons. The lowest BCUT2D eigenvalue weighted by Crippen LogP contribution is -2.07. The molecule has 0 atom stereocenters. The Hall–Kier alpha value is -3.07. The lowest BCUT2D eigenvalue weighted by Gasteiger charge is -2.15. The normalized spacial score (nSPS) is 11.7. The van der Waals surface area contributed by atoms with E-state index in [1.165, 1.54) is 29.9 Å². The zero-order valence-corrected chi connectivity index (χ0v) is 16.1. The fourth-order valence-corrected chi connectivity index (χ4v) is 3.75. The third-order valence-electron chi connectivity index (χ3n) is 4.29. The molecule has 0 amide bonds. The lowest BCUT2D eigenvalue weighted by atomic mass is 10.1. The summed E-state index contributed by atoms with van der Waals surface area (Å²) in [6.07, 6.45) is 2.18. The second kappa shape index (κ2) is 7.75. The number of benzene rings is 1. The van der Waals surface area contributed by atoms with Gasteiger partial charge in [0.15, 0.2) is 0 Å². The summed E-state index contributed by atoms with van der Waals surface area (Å²) in [5, 5.41) is 0.963. The third kappa shape index (κ3) is 4.34. The molecular formula is C20H15F3N4OS. The molecule has 3 aromatic heterocycles. The van der Waals surface area contributed by atoms with Crippen molar-refractivity contribution in [3.05, 3.63) is 70.9 Å². The monoisotopic (exact) mass is 416 g/mol. The second-order valence-electron chi connectivity index (χ2n) is 6.39. The number of aryl methyl sites for hydroxylation is 3. The van der Waals surface area contributed by atoms with Crippen molar-refractivity contribution < 1.29 is 17.9 Å². The van der Waals surface area contributed by atoms with Crippen LogP contribution < -0.4 is 4.74 Å². The molecule has 0 spiro atoms. The number of hydrogen-bond donors (Lipinski definition) is 0. The van der Waals surface area contributed by atoms with Crippen molar-refractivity contribution in [3.63, 3.8) is 0 Å². The Morgan fingerprint density at radius 3 is 2.66 bits per heavy atom. The van der Waals surface area contributed by atoms with E-state index in [1.54, 1.807) is 19.2 Å². The first kappa shape index (κ1) is 19.3. The Labute approximate surface area is 168 Å². The summed E-state index contributed by atoms with van der Waals surface area (Å²) in [4.78, 5) is 17.1. The van der Waals surface area contributed by atoms with E-state index in [4.69, 9.17) is 4.74 Å². The van der Waals surface area contributed by atoms with Crippen LogP contribution in [0.5, 0.6) is 11.5 Å². The van der Waals surface area contributed by atoms with Gasteiger partial charge in [-0.2, -0.15) is 13.2 Å². The van der Waals surface area contributed by atoms with Crippen molar-refractivity contribution in [2.45, 2.75) is 25.9 Å². The molecule has 29 heavy (non-hydrogen) atoms. The number of alkyl halides is 3. The summed E-state index contributed by atoms with van der Waals surface area (Å²) < 4.78 is 44.9. The van der Waals surface area contributed by atoms with E-state index in [1.807, 2.05) is 12.1 Å². The maximum atomic E-state index is 13.1. The summed E-state index contributed by atoms with van der Waals surface area (Å²) in [5.41, 5.74) is 1.68. The zero-order valence-electron chi connectivity index (χ0n) is 15.3. The molecule has 0 unspecified atom stereocenters. The van der Waals surface area contributed by atoms with Crippen molar-refractivity contribution in [2.24, 2.45) is 0 Å². The number of rotatable bonds is 5. The number of aromatic nitrogens is 4.